The fourth-order valence-corrected chi connectivity index (χ4v) is 3.51. The molecule has 0 spiro atoms. The van der Waals surface area contributed by atoms with Crippen molar-refractivity contribution in [3.8, 4) is 5.75 Å². The van der Waals surface area contributed by atoms with Crippen LogP contribution in [0, 0.1) is 0 Å². The SMILES string of the molecule is COc1ccc(N(C)C(=O)c2cccc(Br)c2)cc1N1CCN(C)CC1. The first kappa shape index (κ1) is 18.7. The van der Waals surface area contributed by atoms with Gasteiger partial charge in [0.1, 0.15) is 5.75 Å². The van der Waals surface area contributed by atoms with Crippen LogP contribution < -0.4 is 14.5 Å². The maximum atomic E-state index is 12.8. The van der Waals surface area contributed by atoms with Crippen LogP contribution in [0.15, 0.2) is 46.9 Å². The Bertz CT molecular complexity index is 788. The number of hydrogen-bond donors (Lipinski definition) is 0. The monoisotopic (exact) mass is 417 g/mol. The molecule has 0 saturated carbocycles. The number of methoxy groups -OCH3 is 1. The Labute approximate surface area is 163 Å². The minimum atomic E-state index is -0.0409. The molecule has 0 unspecified atom stereocenters. The van der Waals surface area contributed by atoms with Gasteiger partial charge in [0, 0.05) is 49.0 Å². The molecule has 2 aromatic rings. The van der Waals surface area contributed by atoms with Gasteiger partial charge in [0.25, 0.3) is 5.91 Å². The van der Waals surface area contributed by atoms with Gasteiger partial charge in [0.15, 0.2) is 0 Å². The van der Waals surface area contributed by atoms with Crippen molar-refractivity contribution in [2.75, 3.05) is 57.2 Å². The summed E-state index contributed by atoms with van der Waals surface area (Å²) < 4.78 is 6.45. The van der Waals surface area contributed by atoms with Gasteiger partial charge in [-0.05, 0) is 43.4 Å². The van der Waals surface area contributed by atoms with Crippen molar-refractivity contribution >= 4 is 33.2 Å². The molecule has 0 bridgehead atoms. The summed E-state index contributed by atoms with van der Waals surface area (Å²) in [5, 5.41) is 0. The Morgan fingerprint density at radius 3 is 2.50 bits per heavy atom. The average molecular weight is 418 g/mol. The molecule has 6 heteroatoms. The van der Waals surface area contributed by atoms with Gasteiger partial charge in [-0.25, -0.2) is 0 Å². The molecule has 1 aliphatic rings. The first-order chi connectivity index (χ1) is 12.5. The number of rotatable bonds is 4. The van der Waals surface area contributed by atoms with E-state index in [1.54, 1.807) is 19.1 Å². The van der Waals surface area contributed by atoms with E-state index in [0.717, 1.165) is 47.8 Å². The summed E-state index contributed by atoms with van der Waals surface area (Å²) in [5.74, 6) is 0.794. The highest BCUT2D eigenvalue weighted by Crippen LogP contribution is 2.33. The smallest absolute Gasteiger partial charge is 0.258 e. The number of ether oxygens (including phenoxy) is 1. The van der Waals surface area contributed by atoms with Crippen LogP contribution in [0.2, 0.25) is 0 Å². The lowest BCUT2D eigenvalue weighted by molar-refractivity contribution is 0.0993. The maximum Gasteiger partial charge on any atom is 0.258 e. The number of halogens is 1. The van der Waals surface area contributed by atoms with E-state index in [2.05, 4.69) is 32.8 Å². The molecule has 138 valence electrons. The van der Waals surface area contributed by atoms with E-state index < -0.39 is 0 Å². The second kappa shape index (κ2) is 8.10. The topological polar surface area (TPSA) is 36.0 Å². The second-order valence-electron chi connectivity index (χ2n) is 6.52. The van der Waals surface area contributed by atoms with Gasteiger partial charge >= 0.3 is 0 Å². The molecule has 0 aliphatic carbocycles. The van der Waals surface area contributed by atoms with Gasteiger partial charge in [-0.2, -0.15) is 0 Å². The Morgan fingerprint density at radius 2 is 1.85 bits per heavy atom. The zero-order chi connectivity index (χ0) is 18.7. The number of piperazine rings is 1. The van der Waals surface area contributed by atoms with Crippen molar-refractivity contribution in [2.45, 2.75) is 0 Å². The number of carbonyl (C=O) groups is 1. The van der Waals surface area contributed by atoms with Crippen LogP contribution in [0.3, 0.4) is 0 Å². The lowest BCUT2D eigenvalue weighted by atomic mass is 10.1. The zero-order valence-corrected chi connectivity index (χ0v) is 17.0. The van der Waals surface area contributed by atoms with Crippen LogP contribution in [0.4, 0.5) is 11.4 Å². The van der Waals surface area contributed by atoms with E-state index in [1.165, 1.54) is 0 Å². The fourth-order valence-electron chi connectivity index (χ4n) is 3.11. The molecule has 0 atom stereocenters. The summed E-state index contributed by atoms with van der Waals surface area (Å²) >= 11 is 3.43. The van der Waals surface area contributed by atoms with Gasteiger partial charge in [0.05, 0.1) is 12.8 Å². The molecule has 1 fully saturated rings. The molecule has 1 heterocycles. The van der Waals surface area contributed by atoms with Crippen LogP contribution in [0.25, 0.3) is 0 Å². The summed E-state index contributed by atoms with van der Waals surface area (Å²) in [5.41, 5.74) is 2.54. The fraction of sp³-hybridized carbons (Fsp3) is 0.350. The van der Waals surface area contributed by atoms with Crippen LogP contribution in [-0.2, 0) is 0 Å². The molecule has 1 aliphatic heterocycles. The highest BCUT2D eigenvalue weighted by molar-refractivity contribution is 9.10. The predicted molar refractivity (Wildman–Crippen MR) is 110 cm³/mol. The van der Waals surface area contributed by atoms with Gasteiger partial charge in [-0.15, -0.1) is 0 Å². The van der Waals surface area contributed by atoms with Crippen molar-refractivity contribution < 1.29 is 9.53 Å². The lowest BCUT2D eigenvalue weighted by Gasteiger charge is -2.35. The van der Waals surface area contributed by atoms with Crippen molar-refractivity contribution in [3.63, 3.8) is 0 Å². The molecular formula is C20H24BrN3O2. The Balaban J connectivity index is 1.88. The maximum absolute atomic E-state index is 12.8. The van der Waals surface area contributed by atoms with Gasteiger partial charge in [-0.3, -0.25) is 4.79 Å². The third-order valence-electron chi connectivity index (χ3n) is 4.77. The first-order valence-electron chi connectivity index (χ1n) is 8.65. The molecule has 5 nitrogen and oxygen atoms in total. The van der Waals surface area contributed by atoms with Crippen molar-refractivity contribution in [1.29, 1.82) is 0 Å². The van der Waals surface area contributed by atoms with Crippen LogP contribution in [-0.4, -0.2) is 58.2 Å². The van der Waals surface area contributed by atoms with Crippen LogP contribution in [0.1, 0.15) is 10.4 Å². The lowest BCUT2D eigenvalue weighted by Crippen LogP contribution is -2.44. The molecule has 2 aromatic carbocycles. The van der Waals surface area contributed by atoms with Gasteiger partial charge < -0.3 is 19.4 Å². The molecule has 0 radical (unpaired) electrons. The molecule has 0 aromatic heterocycles. The summed E-state index contributed by atoms with van der Waals surface area (Å²) in [6.45, 7) is 3.92. The standard InChI is InChI=1S/C20H24BrN3O2/c1-22-9-11-24(12-10-22)18-14-17(7-8-19(18)26-3)23(2)20(25)15-5-4-6-16(21)13-15/h4-8,13-14H,9-12H2,1-3H3. The second-order valence-corrected chi connectivity index (χ2v) is 7.44. The molecular weight excluding hydrogens is 394 g/mol. The van der Waals surface area contributed by atoms with E-state index in [-0.39, 0.29) is 5.91 Å². The summed E-state index contributed by atoms with van der Waals surface area (Å²) in [6, 6.07) is 13.4. The molecule has 1 amide bonds. The summed E-state index contributed by atoms with van der Waals surface area (Å²) in [4.78, 5) is 19.2. The number of amides is 1. The largest absolute Gasteiger partial charge is 0.495 e. The summed E-state index contributed by atoms with van der Waals surface area (Å²) in [6.07, 6.45) is 0. The van der Waals surface area contributed by atoms with Crippen LogP contribution >= 0.6 is 15.9 Å². The molecule has 1 saturated heterocycles. The van der Waals surface area contributed by atoms with Crippen molar-refractivity contribution in [3.05, 3.63) is 52.5 Å². The third kappa shape index (κ3) is 4.02. The number of anilines is 2. The Kier molecular flexibility index (Phi) is 5.84. The Morgan fingerprint density at radius 1 is 1.12 bits per heavy atom. The minimum absolute atomic E-state index is 0.0409. The molecule has 26 heavy (non-hydrogen) atoms. The van der Waals surface area contributed by atoms with Crippen molar-refractivity contribution in [1.82, 2.24) is 4.90 Å². The summed E-state index contributed by atoms with van der Waals surface area (Å²) in [7, 11) is 5.62. The normalized spacial score (nSPS) is 15.0. The average Bonchev–Trinajstić information content (AvgIpc) is 2.67. The van der Waals surface area contributed by atoms with E-state index in [9.17, 15) is 4.79 Å². The van der Waals surface area contributed by atoms with Crippen LogP contribution in [0.5, 0.6) is 5.75 Å². The van der Waals surface area contributed by atoms with E-state index in [0.29, 0.717) is 5.56 Å². The highest BCUT2D eigenvalue weighted by atomic mass is 79.9. The number of nitrogens with zero attached hydrogens (tertiary/aromatic N) is 3. The van der Waals surface area contributed by atoms with Gasteiger partial charge in [-0.1, -0.05) is 22.0 Å². The van der Waals surface area contributed by atoms with Crippen molar-refractivity contribution in [2.24, 2.45) is 0 Å². The van der Waals surface area contributed by atoms with E-state index >= 15 is 0 Å². The third-order valence-corrected chi connectivity index (χ3v) is 5.26. The number of carbonyl (C=O) groups excluding carboxylic acids is 1. The van der Waals surface area contributed by atoms with Gasteiger partial charge in [0.2, 0.25) is 0 Å². The highest BCUT2D eigenvalue weighted by Gasteiger charge is 2.20. The quantitative estimate of drug-likeness (QED) is 0.762. The van der Waals surface area contributed by atoms with E-state index in [4.69, 9.17) is 4.74 Å². The Hall–Kier alpha value is -2.05. The predicted octanol–water partition coefficient (Wildman–Crippen LogP) is 3.49. The molecule has 0 N–H and O–H groups in total. The minimum Gasteiger partial charge on any atom is -0.495 e. The zero-order valence-electron chi connectivity index (χ0n) is 15.4. The number of likely N-dealkylation sites (N-methyl/N-ethyl adjacent to an activating group) is 1. The number of hydrogen-bond acceptors (Lipinski definition) is 4. The number of benzene rings is 2. The first-order valence-corrected chi connectivity index (χ1v) is 9.44. The molecule has 3 rings (SSSR count). The van der Waals surface area contributed by atoms with E-state index in [1.807, 2.05) is 42.5 Å².